The highest BCUT2D eigenvalue weighted by Crippen LogP contribution is 2.28. The van der Waals surface area contributed by atoms with Crippen LogP contribution in [0.25, 0.3) is 0 Å². The Bertz CT molecular complexity index is 816. The Morgan fingerprint density at radius 2 is 1.95 bits per heavy atom. The third kappa shape index (κ3) is 3.10. The van der Waals surface area contributed by atoms with Gasteiger partial charge in [0, 0.05) is 6.04 Å². The molecule has 0 aliphatic carbocycles. The molecule has 0 atom stereocenters. The maximum atomic E-state index is 13.3. The number of benzene rings is 1. The van der Waals surface area contributed by atoms with Crippen LogP contribution in [0.4, 0.5) is 10.1 Å². The molecule has 5 nitrogen and oxygen atoms in total. The van der Waals surface area contributed by atoms with Gasteiger partial charge in [0.05, 0.1) is 22.1 Å². The Kier molecular flexibility index (Phi) is 4.49. The molecule has 1 N–H and O–H groups in total. The summed E-state index contributed by atoms with van der Waals surface area (Å²) in [5, 5.41) is 4.27. The lowest BCUT2D eigenvalue weighted by Crippen LogP contribution is -2.15. The molecule has 0 radical (unpaired) electrons. The molecule has 0 spiro atoms. The fraction of sp³-hybridized carbons (Fsp3) is 0.357. The quantitative estimate of drug-likeness (QED) is 0.919. The van der Waals surface area contributed by atoms with Crippen LogP contribution in [0, 0.1) is 19.7 Å². The molecule has 0 aliphatic rings. The third-order valence-electron chi connectivity index (χ3n) is 3.23. The molecule has 1 heterocycles. The smallest absolute Gasteiger partial charge is 0.263 e. The fourth-order valence-electron chi connectivity index (χ4n) is 2.19. The summed E-state index contributed by atoms with van der Waals surface area (Å²) in [6.07, 6.45) is 0. The number of nitrogens with zero attached hydrogens (tertiary/aromatic N) is 2. The van der Waals surface area contributed by atoms with Gasteiger partial charge in [-0.2, -0.15) is 5.10 Å². The zero-order valence-corrected chi connectivity index (χ0v) is 14.3. The summed E-state index contributed by atoms with van der Waals surface area (Å²) in [4.78, 5) is -0.301. The van der Waals surface area contributed by atoms with Crippen molar-refractivity contribution in [1.29, 1.82) is 0 Å². The normalized spacial score (nSPS) is 12.0. The lowest BCUT2D eigenvalue weighted by Gasteiger charge is -2.11. The predicted octanol–water partition coefficient (Wildman–Crippen LogP) is 3.67. The molecule has 0 unspecified atom stereocenters. The Labute approximate surface area is 134 Å². The van der Waals surface area contributed by atoms with Gasteiger partial charge in [0.2, 0.25) is 0 Å². The van der Waals surface area contributed by atoms with Crippen LogP contribution in [-0.2, 0) is 10.0 Å². The Hall–Kier alpha value is -1.60. The maximum absolute atomic E-state index is 13.3. The van der Waals surface area contributed by atoms with Gasteiger partial charge in [-0.3, -0.25) is 9.40 Å². The van der Waals surface area contributed by atoms with Gasteiger partial charge in [-0.15, -0.1) is 0 Å². The molecule has 0 saturated carbocycles. The zero-order valence-electron chi connectivity index (χ0n) is 12.7. The van der Waals surface area contributed by atoms with Crippen molar-refractivity contribution in [1.82, 2.24) is 9.78 Å². The first-order chi connectivity index (χ1) is 10.1. The largest absolute Gasteiger partial charge is 0.276 e. The molecule has 1 aromatic heterocycles. The summed E-state index contributed by atoms with van der Waals surface area (Å²) >= 11 is 5.88. The number of anilines is 1. The second kappa shape index (κ2) is 5.89. The summed E-state index contributed by atoms with van der Waals surface area (Å²) in [6.45, 7) is 7.37. The van der Waals surface area contributed by atoms with Crippen LogP contribution in [-0.4, -0.2) is 18.2 Å². The van der Waals surface area contributed by atoms with E-state index in [1.165, 1.54) is 6.07 Å². The number of rotatable bonds is 4. The number of nitrogens with one attached hydrogen (secondary N) is 1. The van der Waals surface area contributed by atoms with Crippen molar-refractivity contribution < 1.29 is 12.8 Å². The lowest BCUT2D eigenvalue weighted by atomic mass is 10.3. The van der Waals surface area contributed by atoms with Gasteiger partial charge in [0.1, 0.15) is 10.7 Å². The lowest BCUT2D eigenvalue weighted by molar-refractivity contribution is 0.516. The number of aryl methyl sites for hydroxylation is 1. The summed E-state index contributed by atoms with van der Waals surface area (Å²) in [5.74, 6) is -0.670. The topological polar surface area (TPSA) is 64.0 Å². The minimum atomic E-state index is -4.00. The summed E-state index contributed by atoms with van der Waals surface area (Å²) < 4.78 is 42.4. The van der Waals surface area contributed by atoms with Crippen LogP contribution in [0.15, 0.2) is 23.1 Å². The van der Waals surface area contributed by atoms with Crippen molar-refractivity contribution >= 4 is 27.3 Å². The van der Waals surface area contributed by atoms with E-state index in [4.69, 9.17) is 11.6 Å². The van der Waals surface area contributed by atoms with E-state index >= 15 is 0 Å². The van der Waals surface area contributed by atoms with Crippen LogP contribution in [0.2, 0.25) is 5.02 Å². The number of halogens is 2. The number of hydrogen-bond donors (Lipinski definition) is 1. The van der Waals surface area contributed by atoms with E-state index in [9.17, 15) is 12.8 Å². The summed E-state index contributed by atoms with van der Waals surface area (Å²) in [5.41, 5.74) is 1.61. The van der Waals surface area contributed by atoms with Crippen LogP contribution in [0.1, 0.15) is 31.3 Å². The average molecular weight is 346 g/mol. The van der Waals surface area contributed by atoms with Crippen LogP contribution in [0.3, 0.4) is 0 Å². The predicted molar refractivity (Wildman–Crippen MR) is 84.3 cm³/mol. The van der Waals surface area contributed by atoms with Gasteiger partial charge in [-0.05, 0) is 45.9 Å². The molecule has 2 rings (SSSR count). The molecule has 0 bridgehead atoms. The van der Waals surface area contributed by atoms with Crippen molar-refractivity contribution in [3.63, 3.8) is 0 Å². The minimum absolute atomic E-state index is 0.0412. The monoisotopic (exact) mass is 345 g/mol. The summed E-state index contributed by atoms with van der Waals surface area (Å²) in [7, 11) is -4.00. The first kappa shape index (κ1) is 16.8. The Morgan fingerprint density at radius 1 is 1.32 bits per heavy atom. The highest BCUT2D eigenvalue weighted by Gasteiger charge is 2.23. The molecule has 1 aromatic carbocycles. The second-order valence-electron chi connectivity index (χ2n) is 5.26. The number of hydrogen-bond acceptors (Lipinski definition) is 3. The zero-order chi connectivity index (χ0) is 16.7. The molecule has 22 heavy (non-hydrogen) atoms. The van der Waals surface area contributed by atoms with E-state index < -0.39 is 15.8 Å². The van der Waals surface area contributed by atoms with Gasteiger partial charge in [-0.1, -0.05) is 11.6 Å². The molecule has 0 saturated heterocycles. The van der Waals surface area contributed by atoms with E-state index in [1.54, 1.807) is 18.5 Å². The average Bonchev–Trinajstić information content (AvgIpc) is 2.69. The first-order valence-electron chi connectivity index (χ1n) is 6.67. The SMILES string of the molecule is Cc1nn(C(C)C)c(C)c1NS(=O)(=O)c1cc(F)ccc1Cl. The molecule has 0 amide bonds. The van der Waals surface area contributed by atoms with E-state index in [0.29, 0.717) is 17.1 Å². The van der Waals surface area contributed by atoms with E-state index in [0.717, 1.165) is 12.1 Å². The molecule has 8 heteroatoms. The number of aromatic nitrogens is 2. The van der Waals surface area contributed by atoms with Gasteiger partial charge in [-0.25, -0.2) is 12.8 Å². The van der Waals surface area contributed by atoms with Crippen molar-refractivity contribution in [3.8, 4) is 0 Å². The fourth-order valence-corrected chi connectivity index (χ4v) is 3.87. The highest BCUT2D eigenvalue weighted by atomic mass is 35.5. The standard InChI is InChI=1S/C14H17ClFN3O2S/c1-8(2)19-10(4)14(9(3)17-19)18-22(20,21)13-7-11(16)5-6-12(13)15/h5-8,18H,1-4H3. The molecule has 0 fully saturated rings. The number of sulfonamides is 1. The van der Waals surface area contributed by atoms with E-state index in [2.05, 4.69) is 9.82 Å². The third-order valence-corrected chi connectivity index (χ3v) is 5.06. The summed E-state index contributed by atoms with van der Waals surface area (Å²) in [6, 6.07) is 3.30. The van der Waals surface area contributed by atoms with Crippen molar-refractivity contribution in [2.45, 2.75) is 38.6 Å². The second-order valence-corrected chi connectivity index (χ2v) is 7.32. The molecule has 120 valence electrons. The van der Waals surface area contributed by atoms with Gasteiger partial charge < -0.3 is 0 Å². The van der Waals surface area contributed by atoms with E-state index in [-0.39, 0.29) is 16.0 Å². The Morgan fingerprint density at radius 3 is 2.50 bits per heavy atom. The molecule has 2 aromatic rings. The highest BCUT2D eigenvalue weighted by molar-refractivity contribution is 7.92. The molecule has 0 aliphatic heterocycles. The van der Waals surface area contributed by atoms with Crippen molar-refractivity contribution in [3.05, 3.63) is 40.4 Å². The van der Waals surface area contributed by atoms with Gasteiger partial charge in [0.15, 0.2) is 0 Å². The van der Waals surface area contributed by atoms with Gasteiger partial charge in [0.25, 0.3) is 10.0 Å². The minimum Gasteiger partial charge on any atom is -0.276 e. The first-order valence-corrected chi connectivity index (χ1v) is 8.53. The van der Waals surface area contributed by atoms with Gasteiger partial charge >= 0.3 is 0 Å². The van der Waals surface area contributed by atoms with Crippen LogP contribution < -0.4 is 4.72 Å². The Balaban J connectivity index is 2.48. The van der Waals surface area contributed by atoms with Crippen LogP contribution in [0.5, 0.6) is 0 Å². The molecular weight excluding hydrogens is 329 g/mol. The van der Waals surface area contributed by atoms with Crippen molar-refractivity contribution in [2.24, 2.45) is 0 Å². The van der Waals surface area contributed by atoms with Crippen LogP contribution >= 0.6 is 11.6 Å². The van der Waals surface area contributed by atoms with E-state index in [1.807, 2.05) is 13.8 Å². The maximum Gasteiger partial charge on any atom is 0.263 e. The van der Waals surface area contributed by atoms with Crippen molar-refractivity contribution in [2.75, 3.05) is 4.72 Å². The molecular formula is C14H17ClFN3O2S.